The van der Waals surface area contributed by atoms with E-state index in [0.717, 1.165) is 17.7 Å². The molecule has 1 aliphatic rings. The van der Waals surface area contributed by atoms with Gasteiger partial charge in [0.15, 0.2) is 0 Å². The van der Waals surface area contributed by atoms with Gasteiger partial charge in [-0.2, -0.15) is 5.10 Å². The number of benzene rings is 1. The average Bonchev–Trinajstić information content (AvgIpc) is 3.24. The SMILES string of the molecule is CCc1noc(C)c1C(=O)N1CCCn2nc([C@@H](O)c3ccccc3)cc2C1. The summed E-state index contributed by atoms with van der Waals surface area (Å²) in [4.78, 5) is 15.0. The third-order valence-electron chi connectivity index (χ3n) is 5.20. The lowest BCUT2D eigenvalue weighted by atomic mass is 10.1. The van der Waals surface area contributed by atoms with Gasteiger partial charge in [-0.15, -0.1) is 0 Å². The number of fused-ring (bicyclic) bond motifs is 1. The zero-order valence-corrected chi connectivity index (χ0v) is 16.1. The van der Waals surface area contributed by atoms with Crippen LogP contribution in [0.5, 0.6) is 0 Å². The largest absolute Gasteiger partial charge is 0.382 e. The molecule has 3 aromatic rings. The van der Waals surface area contributed by atoms with Crippen LogP contribution in [0, 0.1) is 6.92 Å². The fraction of sp³-hybridized carbons (Fsp3) is 0.381. The van der Waals surface area contributed by atoms with Crippen molar-refractivity contribution in [2.24, 2.45) is 0 Å². The zero-order chi connectivity index (χ0) is 19.7. The summed E-state index contributed by atoms with van der Waals surface area (Å²) in [5.41, 5.74) is 3.59. The first kappa shape index (κ1) is 18.4. The van der Waals surface area contributed by atoms with Gasteiger partial charge in [-0.3, -0.25) is 9.48 Å². The number of rotatable bonds is 4. The van der Waals surface area contributed by atoms with Crippen molar-refractivity contribution in [3.05, 3.63) is 70.4 Å². The highest BCUT2D eigenvalue weighted by Crippen LogP contribution is 2.25. The van der Waals surface area contributed by atoms with Gasteiger partial charge in [0.25, 0.3) is 5.91 Å². The number of hydrogen-bond acceptors (Lipinski definition) is 5. The van der Waals surface area contributed by atoms with Crippen LogP contribution in [-0.2, 0) is 19.5 Å². The van der Waals surface area contributed by atoms with Crippen molar-refractivity contribution < 1.29 is 14.4 Å². The Morgan fingerprint density at radius 1 is 1.29 bits per heavy atom. The van der Waals surface area contributed by atoms with Gasteiger partial charge >= 0.3 is 0 Å². The van der Waals surface area contributed by atoms with Gasteiger partial charge in [0.1, 0.15) is 17.4 Å². The van der Waals surface area contributed by atoms with Crippen molar-refractivity contribution in [1.29, 1.82) is 0 Å². The van der Waals surface area contributed by atoms with Crippen LogP contribution in [0.2, 0.25) is 0 Å². The summed E-state index contributed by atoms with van der Waals surface area (Å²) in [5.74, 6) is 0.496. The number of aliphatic hydroxyl groups excluding tert-OH is 1. The number of carbonyl (C=O) groups excluding carboxylic acids is 1. The van der Waals surface area contributed by atoms with E-state index < -0.39 is 6.10 Å². The molecule has 0 saturated heterocycles. The second-order valence-corrected chi connectivity index (χ2v) is 7.09. The first-order valence-electron chi connectivity index (χ1n) is 9.62. The standard InChI is InChI=1S/C21H24N4O3/c1-3-17-19(14(2)28-23-17)21(27)24-10-7-11-25-16(13-24)12-18(22-25)20(26)15-8-5-4-6-9-15/h4-6,8-9,12,20,26H,3,7,10-11,13H2,1-2H3/t20-/m0/s1. The lowest BCUT2D eigenvalue weighted by Crippen LogP contribution is -2.31. The van der Waals surface area contributed by atoms with Gasteiger partial charge in [0.2, 0.25) is 0 Å². The predicted molar refractivity (Wildman–Crippen MR) is 103 cm³/mol. The molecule has 1 amide bonds. The van der Waals surface area contributed by atoms with E-state index in [1.807, 2.05) is 52.9 Å². The summed E-state index contributed by atoms with van der Waals surface area (Å²) in [7, 11) is 0. The quantitative estimate of drug-likeness (QED) is 0.752. The molecule has 7 heteroatoms. The Labute approximate surface area is 163 Å². The minimum Gasteiger partial charge on any atom is -0.382 e. The maximum atomic E-state index is 13.1. The Bertz CT molecular complexity index is 977. The van der Waals surface area contributed by atoms with Crippen molar-refractivity contribution in [1.82, 2.24) is 19.8 Å². The van der Waals surface area contributed by atoms with Gasteiger partial charge in [-0.25, -0.2) is 0 Å². The number of aryl methyl sites for hydroxylation is 3. The summed E-state index contributed by atoms with van der Waals surface area (Å²) in [5, 5.41) is 19.3. The first-order valence-corrected chi connectivity index (χ1v) is 9.62. The van der Waals surface area contributed by atoms with Crippen LogP contribution in [0.15, 0.2) is 40.9 Å². The predicted octanol–water partition coefficient (Wildman–Crippen LogP) is 2.87. The lowest BCUT2D eigenvalue weighted by molar-refractivity contribution is 0.0743. The molecule has 0 saturated carbocycles. The van der Waals surface area contributed by atoms with Gasteiger partial charge in [-0.1, -0.05) is 42.4 Å². The number of carbonyl (C=O) groups is 1. The van der Waals surface area contributed by atoms with Crippen LogP contribution >= 0.6 is 0 Å². The molecule has 28 heavy (non-hydrogen) atoms. The Hall–Kier alpha value is -2.93. The van der Waals surface area contributed by atoms with E-state index in [1.165, 1.54) is 0 Å². The highest BCUT2D eigenvalue weighted by Gasteiger charge is 2.27. The van der Waals surface area contributed by atoms with Crippen LogP contribution in [0.25, 0.3) is 0 Å². The maximum Gasteiger partial charge on any atom is 0.259 e. The van der Waals surface area contributed by atoms with E-state index >= 15 is 0 Å². The Kier molecular flexibility index (Phi) is 5.00. The van der Waals surface area contributed by atoms with Crippen molar-refractivity contribution in [3.63, 3.8) is 0 Å². The van der Waals surface area contributed by atoms with Crippen LogP contribution in [0.1, 0.15) is 58.2 Å². The van der Waals surface area contributed by atoms with E-state index in [9.17, 15) is 9.90 Å². The van der Waals surface area contributed by atoms with Gasteiger partial charge < -0.3 is 14.5 Å². The van der Waals surface area contributed by atoms with E-state index in [1.54, 1.807) is 6.92 Å². The van der Waals surface area contributed by atoms with E-state index in [-0.39, 0.29) is 5.91 Å². The summed E-state index contributed by atoms with van der Waals surface area (Å²) >= 11 is 0. The molecule has 0 spiro atoms. The van der Waals surface area contributed by atoms with Gasteiger partial charge in [0.05, 0.1) is 23.6 Å². The second kappa shape index (κ2) is 7.59. The van der Waals surface area contributed by atoms with E-state index in [0.29, 0.717) is 48.8 Å². The minimum absolute atomic E-state index is 0.0598. The number of amides is 1. The molecule has 0 aliphatic carbocycles. The molecule has 2 aromatic heterocycles. The zero-order valence-electron chi connectivity index (χ0n) is 16.1. The van der Waals surface area contributed by atoms with E-state index in [4.69, 9.17) is 4.52 Å². The molecular formula is C21H24N4O3. The molecule has 146 valence electrons. The molecule has 0 bridgehead atoms. The topological polar surface area (TPSA) is 84.4 Å². The Morgan fingerprint density at radius 2 is 2.07 bits per heavy atom. The fourth-order valence-electron chi connectivity index (χ4n) is 3.69. The third-order valence-corrected chi connectivity index (χ3v) is 5.20. The van der Waals surface area contributed by atoms with Crippen molar-refractivity contribution >= 4 is 5.91 Å². The molecule has 0 radical (unpaired) electrons. The summed E-state index contributed by atoms with van der Waals surface area (Å²) < 4.78 is 7.13. The molecular weight excluding hydrogens is 356 g/mol. The molecule has 1 aromatic carbocycles. The molecule has 1 aliphatic heterocycles. The van der Waals surface area contributed by atoms with Gasteiger partial charge in [-0.05, 0) is 31.4 Å². The second-order valence-electron chi connectivity index (χ2n) is 7.09. The van der Waals surface area contributed by atoms with Crippen LogP contribution in [0.4, 0.5) is 0 Å². The maximum absolute atomic E-state index is 13.1. The van der Waals surface area contributed by atoms with E-state index in [2.05, 4.69) is 10.3 Å². The molecule has 1 N–H and O–H groups in total. The van der Waals surface area contributed by atoms with Gasteiger partial charge in [0, 0.05) is 13.1 Å². The molecule has 7 nitrogen and oxygen atoms in total. The number of aliphatic hydroxyl groups is 1. The first-order chi connectivity index (χ1) is 13.6. The van der Waals surface area contributed by atoms with Crippen LogP contribution in [0.3, 0.4) is 0 Å². The smallest absolute Gasteiger partial charge is 0.259 e. The Morgan fingerprint density at radius 3 is 2.82 bits per heavy atom. The molecule has 4 rings (SSSR count). The minimum atomic E-state index is -0.781. The van der Waals surface area contributed by atoms with Crippen LogP contribution < -0.4 is 0 Å². The number of hydrogen-bond donors (Lipinski definition) is 1. The Balaban J connectivity index is 1.59. The van der Waals surface area contributed by atoms with Crippen molar-refractivity contribution in [2.75, 3.05) is 6.54 Å². The van der Waals surface area contributed by atoms with Crippen molar-refractivity contribution in [2.45, 2.75) is 45.9 Å². The highest BCUT2D eigenvalue weighted by atomic mass is 16.5. The number of aromatic nitrogens is 3. The summed E-state index contributed by atoms with van der Waals surface area (Å²) in [6.45, 7) is 5.54. The fourth-order valence-corrected chi connectivity index (χ4v) is 3.69. The number of nitrogens with zero attached hydrogens (tertiary/aromatic N) is 4. The normalized spacial score (nSPS) is 15.2. The average molecular weight is 380 g/mol. The summed E-state index contributed by atoms with van der Waals surface area (Å²) in [6.07, 6.45) is 0.668. The monoisotopic (exact) mass is 380 g/mol. The summed E-state index contributed by atoms with van der Waals surface area (Å²) in [6, 6.07) is 11.4. The molecule has 0 unspecified atom stereocenters. The lowest BCUT2D eigenvalue weighted by Gasteiger charge is -2.20. The third kappa shape index (κ3) is 3.33. The molecule has 0 fully saturated rings. The highest BCUT2D eigenvalue weighted by molar-refractivity contribution is 5.96. The van der Waals surface area contributed by atoms with Crippen LogP contribution in [-0.4, -0.2) is 37.4 Å². The molecule has 1 atom stereocenters. The van der Waals surface area contributed by atoms with Crippen molar-refractivity contribution in [3.8, 4) is 0 Å². The molecule has 3 heterocycles.